The molecule has 4 rings (SSSR count). The number of hydrogen-bond donors (Lipinski definition) is 1. The Morgan fingerprint density at radius 2 is 2.00 bits per heavy atom. The van der Waals surface area contributed by atoms with Crippen LogP contribution in [0.25, 0.3) is 16.2 Å². The van der Waals surface area contributed by atoms with Crippen LogP contribution in [0.15, 0.2) is 47.8 Å². The lowest BCUT2D eigenvalue weighted by Gasteiger charge is -2.05. The van der Waals surface area contributed by atoms with Crippen molar-refractivity contribution in [3.8, 4) is 17.0 Å². The Morgan fingerprint density at radius 1 is 1.21 bits per heavy atom. The molecular weight excluding hydrogens is 419 g/mol. The fraction of sp³-hybridized carbons (Fsp3) is 0.105. The predicted octanol–water partition coefficient (Wildman–Crippen LogP) is 5.09. The minimum absolute atomic E-state index is 0.136. The van der Waals surface area contributed by atoms with Crippen molar-refractivity contribution < 1.29 is 9.53 Å². The molecule has 0 saturated carbocycles. The van der Waals surface area contributed by atoms with Crippen molar-refractivity contribution >= 4 is 51.4 Å². The zero-order valence-corrected chi connectivity index (χ0v) is 17.0. The lowest BCUT2D eigenvalue weighted by Crippen LogP contribution is -2.20. The summed E-state index contributed by atoms with van der Waals surface area (Å²) in [5.41, 5.74) is 2.61. The molecule has 0 fully saturated rings. The van der Waals surface area contributed by atoms with Crippen LogP contribution < -0.4 is 10.1 Å². The van der Waals surface area contributed by atoms with Gasteiger partial charge in [-0.2, -0.15) is 4.98 Å². The number of rotatable bonds is 5. The molecule has 0 aliphatic heterocycles. The van der Waals surface area contributed by atoms with E-state index in [4.69, 9.17) is 27.9 Å². The van der Waals surface area contributed by atoms with Crippen molar-refractivity contribution in [2.24, 2.45) is 0 Å². The summed E-state index contributed by atoms with van der Waals surface area (Å²) in [5, 5.41) is 10.0. The Morgan fingerprint density at radius 3 is 2.79 bits per heavy atom. The molecule has 0 bridgehead atoms. The van der Waals surface area contributed by atoms with Crippen LogP contribution in [-0.2, 0) is 4.79 Å². The summed E-state index contributed by atoms with van der Waals surface area (Å²) in [7, 11) is 0. The molecule has 1 N–H and O–H groups in total. The van der Waals surface area contributed by atoms with Crippen LogP contribution in [0, 0.1) is 6.92 Å². The first-order valence-corrected chi connectivity index (χ1v) is 9.92. The number of aromatic nitrogens is 3. The molecule has 0 saturated heterocycles. The van der Waals surface area contributed by atoms with Crippen LogP contribution in [0.2, 0.25) is 10.0 Å². The summed E-state index contributed by atoms with van der Waals surface area (Å²) in [6.07, 6.45) is 0. The largest absolute Gasteiger partial charge is 0.484 e. The maximum absolute atomic E-state index is 12.1. The van der Waals surface area contributed by atoms with Gasteiger partial charge in [0.15, 0.2) is 6.61 Å². The topological polar surface area (TPSA) is 68.5 Å². The third kappa shape index (κ3) is 3.96. The SMILES string of the molecule is Cc1ccc(OCC(=O)Nc2nc3scc(-c4cc(Cl)ccc4Cl)n3n2)cc1. The smallest absolute Gasteiger partial charge is 0.264 e. The second-order valence-electron chi connectivity index (χ2n) is 6.02. The normalized spacial score (nSPS) is 11.0. The molecule has 0 atom stereocenters. The maximum Gasteiger partial charge on any atom is 0.264 e. The Kier molecular flexibility index (Phi) is 5.21. The number of hydrogen-bond acceptors (Lipinski definition) is 5. The second-order valence-corrected chi connectivity index (χ2v) is 7.70. The Hall–Kier alpha value is -2.61. The molecule has 4 aromatic rings. The average Bonchev–Trinajstić information content (AvgIpc) is 3.23. The number of benzene rings is 2. The first-order chi connectivity index (χ1) is 13.5. The van der Waals surface area contributed by atoms with E-state index in [0.29, 0.717) is 20.8 Å². The summed E-state index contributed by atoms with van der Waals surface area (Å²) in [6, 6.07) is 12.7. The number of nitrogens with one attached hydrogen (secondary N) is 1. The first-order valence-electron chi connectivity index (χ1n) is 8.28. The van der Waals surface area contributed by atoms with E-state index < -0.39 is 0 Å². The van der Waals surface area contributed by atoms with Crippen LogP contribution in [-0.4, -0.2) is 27.1 Å². The van der Waals surface area contributed by atoms with Crippen molar-refractivity contribution in [2.75, 3.05) is 11.9 Å². The molecule has 1 amide bonds. The molecule has 2 heterocycles. The van der Waals surface area contributed by atoms with Gasteiger partial charge in [0, 0.05) is 16.0 Å². The van der Waals surface area contributed by atoms with E-state index in [1.54, 1.807) is 22.7 Å². The summed E-state index contributed by atoms with van der Waals surface area (Å²) < 4.78 is 7.09. The third-order valence-corrected chi connectivity index (χ3v) is 5.31. The summed E-state index contributed by atoms with van der Waals surface area (Å²) in [6.45, 7) is 1.85. The summed E-state index contributed by atoms with van der Waals surface area (Å²) in [4.78, 5) is 17.1. The van der Waals surface area contributed by atoms with Crippen molar-refractivity contribution in [3.05, 3.63) is 63.5 Å². The first kappa shape index (κ1) is 18.7. The number of carbonyl (C=O) groups is 1. The predicted molar refractivity (Wildman–Crippen MR) is 112 cm³/mol. The van der Waals surface area contributed by atoms with Gasteiger partial charge in [-0.15, -0.1) is 16.4 Å². The Labute approximate surface area is 174 Å². The molecule has 0 radical (unpaired) electrons. The van der Waals surface area contributed by atoms with Gasteiger partial charge in [0.05, 0.1) is 10.7 Å². The number of carbonyl (C=O) groups excluding carboxylic acids is 1. The Bertz CT molecular complexity index is 1150. The molecule has 6 nitrogen and oxygen atoms in total. The lowest BCUT2D eigenvalue weighted by molar-refractivity contribution is -0.118. The van der Waals surface area contributed by atoms with E-state index in [1.165, 1.54) is 11.3 Å². The number of halogens is 2. The van der Waals surface area contributed by atoms with E-state index in [9.17, 15) is 4.79 Å². The zero-order chi connectivity index (χ0) is 19.7. The Balaban J connectivity index is 1.49. The monoisotopic (exact) mass is 432 g/mol. The third-order valence-electron chi connectivity index (χ3n) is 3.93. The highest BCUT2D eigenvalue weighted by Crippen LogP contribution is 2.33. The van der Waals surface area contributed by atoms with Gasteiger partial charge in [-0.05, 0) is 37.3 Å². The van der Waals surface area contributed by atoms with Crippen LogP contribution in [0.3, 0.4) is 0 Å². The standard InChI is InChI=1S/C19H14Cl2N4O2S/c1-11-2-5-13(6-3-11)27-9-17(26)22-18-23-19-25(24-18)16(10-28-19)14-8-12(20)4-7-15(14)21/h2-8,10H,9H2,1H3,(H,22,24,26). The fourth-order valence-corrected chi connectivity index (χ4v) is 3.77. The van der Waals surface area contributed by atoms with Crippen molar-refractivity contribution in [1.82, 2.24) is 14.6 Å². The van der Waals surface area contributed by atoms with Gasteiger partial charge >= 0.3 is 0 Å². The lowest BCUT2D eigenvalue weighted by atomic mass is 10.2. The molecule has 28 heavy (non-hydrogen) atoms. The van der Waals surface area contributed by atoms with Crippen LogP contribution in [0.1, 0.15) is 5.56 Å². The van der Waals surface area contributed by atoms with Crippen molar-refractivity contribution in [1.29, 1.82) is 0 Å². The van der Waals surface area contributed by atoms with Crippen LogP contribution in [0.5, 0.6) is 5.75 Å². The fourth-order valence-electron chi connectivity index (χ4n) is 2.56. The number of thiazole rings is 1. The molecule has 9 heteroatoms. The van der Waals surface area contributed by atoms with E-state index in [-0.39, 0.29) is 18.5 Å². The number of nitrogens with zero attached hydrogens (tertiary/aromatic N) is 3. The van der Waals surface area contributed by atoms with Gasteiger partial charge < -0.3 is 4.74 Å². The minimum atomic E-state index is -0.346. The van der Waals surface area contributed by atoms with E-state index in [0.717, 1.165) is 16.8 Å². The number of fused-ring (bicyclic) bond motifs is 1. The molecule has 2 aromatic heterocycles. The number of anilines is 1. The minimum Gasteiger partial charge on any atom is -0.484 e. The van der Waals surface area contributed by atoms with Gasteiger partial charge in [0.2, 0.25) is 4.96 Å². The molecular formula is C19H14Cl2N4O2S. The van der Waals surface area contributed by atoms with E-state index in [2.05, 4.69) is 15.4 Å². The number of amides is 1. The molecule has 142 valence electrons. The van der Waals surface area contributed by atoms with Gasteiger partial charge in [-0.3, -0.25) is 10.1 Å². The molecule has 0 aliphatic rings. The molecule has 0 spiro atoms. The highest BCUT2D eigenvalue weighted by atomic mass is 35.5. The molecule has 2 aromatic carbocycles. The van der Waals surface area contributed by atoms with Gasteiger partial charge in [-0.25, -0.2) is 4.52 Å². The number of aryl methyl sites for hydroxylation is 1. The van der Waals surface area contributed by atoms with Crippen molar-refractivity contribution in [2.45, 2.75) is 6.92 Å². The van der Waals surface area contributed by atoms with Gasteiger partial charge in [-0.1, -0.05) is 40.9 Å². The summed E-state index contributed by atoms with van der Waals surface area (Å²) in [5.74, 6) is 0.474. The zero-order valence-electron chi connectivity index (χ0n) is 14.6. The quantitative estimate of drug-likeness (QED) is 0.476. The van der Waals surface area contributed by atoms with E-state index in [1.807, 2.05) is 36.6 Å². The van der Waals surface area contributed by atoms with Gasteiger partial charge in [0.1, 0.15) is 5.75 Å². The highest BCUT2D eigenvalue weighted by molar-refractivity contribution is 7.15. The average molecular weight is 433 g/mol. The molecule has 0 unspecified atom stereocenters. The maximum atomic E-state index is 12.1. The highest BCUT2D eigenvalue weighted by Gasteiger charge is 2.15. The summed E-state index contributed by atoms with van der Waals surface area (Å²) >= 11 is 13.8. The van der Waals surface area contributed by atoms with Gasteiger partial charge in [0.25, 0.3) is 11.9 Å². The van der Waals surface area contributed by atoms with Crippen LogP contribution in [0.4, 0.5) is 5.95 Å². The van der Waals surface area contributed by atoms with Crippen LogP contribution >= 0.6 is 34.5 Å². The van der Waals surface area contributed by atoms with E-state index >= 15 is 0 Å². The molecule has 0 aliphatic carbocycles. The second kappa shape index (κ2) is 7.79. The number of ether oxygens (including phenoxy) is 1. The van der Waals surface area contributed by atoms with Crippen molar-refractivity contribution in [3.63, 3.8) is 0 Å².